The summed E-state index contributed by atoms with van der Waals surface area (Å²) in [6.07, 6.45) is 0.654. The summed E-state index contributed by atoms with van der Waals surface area (Å²) >= 11 is 0. The largest absolute Gasteiger partial charge is 0.480 e. The molecular formula is C12H21N3O5. The lowest BCUT2D eigenvalue weighted by atomic mass is 10.2. The third-order valence-electron chi connectivity index (χ3n) is 3.21. The molecule has 0 radical (unpaired) electrons. The van der Waals surface area contributed by atoms with Crippen LogP contribution in [0.3, 0.4) is 0 Å². The van der Waals surface area contributed by atoms with Crippen molar-refractivity contribution in [2.75, 3.05) is 19.6 Å². The fraction of sp³-hybridized carbons (Fsp3) is 0.750. The number of hydrogen-bond acceptors (Lipinski definition) is 4. The van der Waals surface area contributed by atoms with Crippen LogP contribution in [0.25, 0.3) is 0 Å². The van der Waals surface area contributed by atoms with Gasteiger partial charge in [-0.05, 0) is 6.42 Å². The first-order valence-corrected chi connectivity index (χ1v) is 6.61. The summed E-state index contributed by atoms with van der Waals surface area (Å²) in [5.74, 6) is -1.81. The summed E-state index contributed by atoms with van der Waals surface area (Å²) in [6.45, 7) is 1.97. The Bertz CT molecular complexity index is 387. The minimum absolute atomic E-state index is 0.000732. The predicted octanol–water partition coefficient (Wildman–Crippen LogP) is -0.786. The van der Waals surface area contributed by atoms with E-state index in [4.69, 9.17) is 10.8 Å². The van der Waals surface area contributed by atoms with E-state index in [0.717, 1.165) is 11.3 Å². The van der Waals surface area contributed by atoms with E-state index in [0.29, 0.717) is 13.0 Å². The van der Waals surface area contributed by atoms with Crippen LogP contribution in [0.1, 0.15) is 26.2 Å². The van der Waals surface area contributed by atoms with Crippen LogP contribution < -0.4 is 5.73 Å². The van der Waals surface area contributed by atoms with Gasteiger partial charge in [0.25, 0.3) is 0 Å². The molecule has 8 nitrogen and oxygen atoms in total. The molecule has 1 heterocycles. The Morgan fingerprint density at radius 1 is 1.40 bits per heavy atom. The second kappa shape index (κ2) is 7.09. The second-order valence-corrected chi connectivity index (χ2v) is 4.92. The first kappa shape index (κ1) is 16.2. The number of nitrogens with zero attached hydrogens (tertiary/aromatic N) is 2. The van der Waals surface area contributed by atoms with Crippen molar-refractivity contribution in [3.8, 4) is 0 Å². The van der Waals surface area contributed by atoms with Crippen LogP contribution in [-0.4, -0.2) is 69.7 Å². The lowest BCUT2D eigenvalue weighted by Gasteiger charge is -2.29. The van der Waals surface area contributed by atoms with Gasteiger partial charge in [0, 0.05) is 19.5 Å². The van der Waals surface area contributed by atoms with Crippen molar-refractivity contribution in [2.24, 2.45) is 5.73 Å². The number of carbonyl (C=O) groups excluding carboxylic acids is 2. The number of amides is 3. The zero-order valence-electron chi connectivity index (χ0n) is 11.5. The highest BCUT2D eigenvalue weighted by atomic mass is 16.4. The number of hydrogen-bond donors (Lipinski definition) is 3. The van der Waals surface area contributed by atoms with Crippen molar-refractivity contribution in [3.63, 3.8) is 0 Å². The van der Waals surface area contributed by atoms with E-state index in [1.54, 1.807) is 0 Å². The highest BCUT2D eigenvalue weighted by Gasteiger charge is 2.40. The molecule has 20 heavy (non-hydrogen) atoms. The fourth-order valence-electron chi connectivity index (χ4n) is 2.22. The number of carboxylic acids is 1. The van der Waals surface area contributed by atoms with E-state index in [9.17, 15) is 19.5 Å². The molecule has 0 bridgehead atoms. The van der Waals surface area contributed by atoms with Crippen LogP contribution in [0.15, 0.2) is 0 Å². The summed E-state index contributed by atoms with van der Waals surface area (Å²) < 4.78 is 0. The van der Waals surface area contributed by atoms with Crippen LogP contribution in [0.5, 0.6) is 0 Å². The van der Waals surface area contributed by atoms with Gasteiger partial charge in [-0.25, -0.2) is 9.59 Å². The molecule has 0 aliphatic carbocycles. The van der Waals surface area contributed by atoms with Gasteiger partial charge in [0.1, 0.15) is 12.6 Å². The van der Waals surface area contributed by atoms with Crippen molar-refractivity contribution in [3.05, 3.63) is 0 Å². The number of nitrogens with two attached hydrogens (primary N) is 1. The highest BCUT2D eigenvalue weighted by Crippen LogP contribution is 2.20. The smallest absolute Gasteiger partial charge is 0.326 e. The first-order chi connectivity index (χ1) is 9.36. The molecule has 0 spiro atoms. The van der Waals surface area contributed by atoms with Gasteiger partial charge in [-0.3, -0.25) is 4.79 Å². The molecule has 0 aromatic rings. The van der Waals surface area contributed by atoms with E-state index >= 15 is 0 Å². The Balaban J connectivity index is 2.81. The van der Waals surface area contributed by atoms with Gasteiger partial charge in [0.05, 0.1) is 6.10 Å². The molecule has 1 rings (SSSR count). The average Bonchev–Trinajstić information content (AvgIpc) is 2.75. The Morgan fingerprint density at radius 2 is 2.05 bits per heavy atom. The third kappa shape index (κ3) is 4.09. The van der Waals surface area contributed by atoms with Gasteiger partial charge < -0.3 is 25.7 Å². The van der Waals surface area contributed by atoms with Crippen molar-refractivity contribution < 1.29 is 24.6 Å². The first-order valence-electron chi connectivity index (χ1n) is 6.61. The van der Waals surface area contributed by atoms with Gasteiger partial charge in [-0.2, -0.15) is 0 Å². The van der Waals surface area contributed by atoms with Crippen LogP contribution >= 0.6 is 0 Å². The summed E-state index contributed by atoms with van der Waals surface area (Å²) in [4.78, 5) is 36.8. The molecule has 0 unspecified atom stereocenters. The van der Waals surface area contributed by atoms with Gasteiger partial charge >= 0.3 is 12.0 Å². The molecule has 1 fully saturated rings. The summed E-state index contributed by atoms with van der Waals surface area (Å²) in [7, 11) is 0. The summed E-state index contributed by atoms with van der Waals surface area (Å²) in [5, 5.41) is 18.6. The SMILES string of the molecule is CCCCN(CC(N)=O)C(=O)N1C[C@@H](O)C[C@H]1C(=O)O. The monoisotopic (exact) mass is 287 g/mol. The number of unbranched alkanes of at least 4 members (excludes halogenated alkanes) is 1. The maximum atomic E-state index is 12.3. The van der Waals surface area contributed by atoms with Crippen LogP contribution in [0.2, 0.25) is 0 Å². The third-order valence-corrected chi connectivity index (χ3v) is 3.21. The zero-order chi connectivity index (χ0) is 15.3. The molecule has 1 saturated heterocycles. The number of β-amino-alcohol motifs (C(OH)–C–C–N with tert-alkyl or cyclic N) is 1. The van der Waals surface area contributed by atoms with Gasteiger partial charge in [-0.1, -0.05) is 13.3 Å². The summed E-state index contributed by atoms with van der Waals surface area (Å²) in [5.41, 5.74) is 5.11. The Hall–Kier alpha value is -1.83. The number of urea groups is 1. The van der Waals surface area contributed by atoms with E-state index in [1.807, 2.05) is 6.92 Å². The predicted molar refractivity (Wildman–Crippen MR) is 69.8 cm³/mol. The maximum absolute atomic E-state index is 12.3. The Labute approximate surface area is 117 Å². The standard InChI is InChI=1S/C12H21N3O5/c1-2-3-4-14(7-10(13)17)12(20)15-6-8(16)5-9(15)11(18)19/h8-9,16H,2-7H2,1H3,(H2,13,17)(H,18,19)/t8-,9-/m0/s1. The van der Waals surface area contributed by atoms with Crippen molar-refractivity contribution in [1.29, 1.82) is 0 Å². The highest BCUT2D eigenvalue weighted by molar-refractivity contribution is 5.86. The minimum Gasteiger partial charge on any atom is -0.480 e. The van der Waals surface area contributed by atoms with E-state index < -0.39 is 30.1 Å². The van der Waals surface area contributed by atoms with Crippen molar-refractivity contribution >= 4 is 17.9 Å². The van der Waals surface area contributed by atoms with Gasteiger partial charge in [-0.15, -0.1) is 0 Å². The van der Waals surface area contributed by atoms with Gasteiger partial charge in [0.15, 0.2) is 0 Å². The van der Waals surface area contributed by atoms with Crippen molar-refractivity contribution in [2.45, 2.75) is 38.3 Å². The van der Waals surface area contributed by atoms with Crippen LogP contribution in [0, 0.1) is 0 Å². The number of aliphatic carboxylic acids is 1. The molecule has 8 heteroatoms. The number of aliphatic hydroxyl groups is 1. The summed E-state index contributed by atoms with van der Waals surface area (Å²) in [6, 6.07) is -1.63. The van der Waals surface area contributed by atoms with Crippen LogP contribution in [0.4, 0.5) is 4.79 Å². The number of rotatable bonds is 6. The number of likely N-dealkylation sites (tertiary alicyclic amines) is 1. The molecule has 114 valence electrons. The molecule has 1 aliphatic rings. The molecule has 2 atom stereocenters. The van der Waals surface area contributed by atoms with Gasteiger partial charge in [0.2, 0.25) is 5.91 Å². The number of aliphatic hydroxyl groups excluding tert-OH is 1. The molecule has 4 N–H and O–H groups in total. The molecule has 0 saturated carbocycles. The molecule has 3 amide bonds. The Kier molecular flexibility index (Phi) is 5.75. The molecule has 1 aliphatic heterocycles. The Morgan fingerprint density at radius 3 is 2.55 bits per heavy atom. The second-order valence-electron chi connectivity index (χ2n) is 4.92. The number of carboxylic acid groups (broad SMARTS) is 1. The zero-order valence-corrected chi connectivity index (χ0v) is 11.5. The minimum atomic E-state index is -1.16. The molecule has 0 aromatic heterocycles. The number of carbonyl (C=O) groups is 3. The maximum Gasteiger partial charge on any atom is 0.326 e. The van der Waals surface area contributed by atoms with Crippen LogP contribution in [-0.2, 0) is 9.59 Å². The average molecular weight is 287 g/mol. The normalized spacial score (nSPS) is 21.8. The van der Waals surface area contributed by atoms with E-state index in [2.05, 4.69) is 0 Å². The number of primary amides is 1. The van der Waals surface area contributed by atoms with Crippen molar-refractivity contribution in [1.82, 2.24) is 9.80 Å². The molecular weight excluding hydrogens is 266 g/mol. The molecule has 0 aromatic carbocycles. The fourth-order valence-corrected chi connectivity index (χ4v) is 2.22. The topological polar surface area (TPSA) is 124 Å². The lowest BCUT2D eigenvalue weighted by Crippen LogP contribution is -2.50. The lowest BCUT2D eigenvalue weighted by molar-refractivity contribution is -0.141. The quantitative estimate of drug-likeness (QED) is 0.590. The van der Waals surface area contributed by atoms with E-state index in [-0.39, 0.29) is 19.5 Å². The van der Waals surface area contributed by atoms with E-state index in [1.165, 1.54) is 4.90 Å².